The van der Waals surface area contributed by atoms with Crippen LogP contribution in [0.1, 0.15) is 60.1 Å². The molecule has 0 bridgehead atoms. The highest BCUT2D eigenvalue weighted by atomic mass is 32.1. The van der Waals surface area contributed by atoms with Gasteiger partial charge < -0.3 is 10.4 Å². The lowest BCUT2D eigenvalue weighted by Crippen LogP contribution is -2.53. The minimum Gasteiger partial charge on any atom is -0.480 e. The van der Waals surface area contributed by atoms with Crippen LogP contribution in [0.25, 0.3) is 0 Å². The lowest BCUT2D eigenvalue weighted by molar-refractivity contribution is -0.144. The van der Waals surface area contributed by atoms with E-state index in [1.807, 2.05) is 13.0 Å². The Kier molecular flexibility index (Phi) is 5.74. The molecule has 1 amide bonds. The van der Waals surface area contributed by atoms with E-state index in [-0.39, 0.29) is 5.91 Å². The van der Waals surface area contributed by atoms with Crippen molar-refractivity contribution in [3.8, 4) is 0 Å². The Morgan fingerprint density at radius 2 is 1.90 bits per heavy atom. The van der Waals surface area contributed by atoms with Crippen molar-refractivity contribution in [1.29, 1.82) is 0 Å². The third-order valence-electron chi connectivity index (χ3n) is 3.73. The molecule has 1 heterocycles. The fourth-order valence-corrected chi connectivity index (χ4v) is 3.18. The molecule has 0 spiro atoms. The molecule has 0 aliphatic carbocycles. The maximum absolute atomic E-state index is 12.3. The first kappa shape index (κ1) is 16.7. The molecule has 0 unspecified atom stereocenters. The Morgan fingerprint density at radius 1 is 1.30 bits per heavy atom. The molecule has 0 aliphatic rings. The van der Waals surface area contributed by atoms with Crippen LogP contribution in [0.3, 0.4) is 0 Å². The lowest BCUT2D eigenvalue weighted by atomic mass is 9.93. The normalized spacial score (nSPS) is 11.4. The van der Waals surface area contributed by atoms with E-state index in [2.05, 4.69) is 12.2 Å². The van der Waals surface area contributed by atoms with E-state index in [4.69, 9.17) is 0 Å². The van der Waals surface area contributed by atoms with Crippen molar-refractivity contribution in [1.82, 2.24) is 5.32 Å². The van der Waals surface area contributed by atoms with Crippen molar-refractivity contribution >= 4 is 23.2 Å². The zero-order valence-corrected chi connectivity index (χ0v) is 13.4. The predicted octanol–water partition coefficient (Wildman–Crippen LogP) is 3.38. The molecular weight excluding hydrogens is 274 g/mol. The molecule has 1 aromatic rings. The molecule has 112 valence electrons. The summed E-state index contributed by atoms with van der Waals surface area (Å²) >= 11 is 1.43. The summed E-state index contributed by atoms with van der Waals surface area (Å²) in [5, 5.41) is 12.1. The maximum atomic E-state index is 12.3. The highest BCUT2D eigenvalue weighted by Gasteiger charge is 2.36. The number of aryl methyl sites for hydroxylation is 2. The SMILES string of the molecule is CCCc1cc(C(=O)NC(CC)(CC)C(=O)O)sc1C. The summed E-state index contributed by atoms with van der Waals surface area (Å²) in [6.45, 7) is 7.65. The largest absolute Gasteiger partial charge is 0.480 e. The molecule has 2 N–H and O–H groups in total. The highest BCUT2D eigenvalue weighted by molar-refractivity contribution is 7.14. The van der Waals surface area contributed by atoms with Crippen LogP contribution in [-0.4, -0.2) is 22.5 Å². The average Bonchev–Trinajstić information content (AvgIpc) is 2.78. The third kappa shape index (κ3) is 3.39. The maximum Gasteiger partial charge on any atom is 0.329 e. The van der Waals surface area contributed by atoms with E-state index in [1.54, 1.807) is 13.8 Å². The fourth-order valence-electron chi connectivity index (χ4n) is 2.21. The highest BCUT2D eigenvalue weighted by Crippen LogP contribution is 2.24. The number of rotatable bonds is 7. The van der Waals surface area contributed by atoms with Crippen molar-refractivity contribution in [3.05, 3.63) is 21.4 Å². The van der Waals surface area contributed by atoms with Gasteiger partial charge in [0.2, 0.25) is 0 Å². The topological polar surface area (TPSA) is 66.4 Å². The smallest absolute Gasteiger partial charge is 0.329 e. The zero-order valence-electron chi connectivity index (χ0n) is 12.6. The van der Waals surface area contributed by atoms with Crippen molar-refractivity contribution < 1.29 is 14.7 Å². The van der Waals surface area contributed by atoms with Crippen LogP contribution in [0, 0.1) is 6.92 Å². The van der Waals surface area contributed by atoms with Gasteiger partial charge in [-0.15, -0.1) is 11.3 Å². The molecule has 0 aromatic carbocycles. The number of carboxylic acids is 1. The Balaban J connectivity index is 2.95. The molecule has 5 heteroatoms. The standard InChI is InChI=1S/C15H23NO3S/c1-5-8-11-9-12(20-10(11)4)13(17)16-15(6-2,7-3)14(18)19/h9H,5-8H2,1-4H3,(H,16,17)(H,18,19). The van der Waals surface area contributed by atoms with Crippen molar-refractivity contribution in [2.45, 2.75) is 58.9 Å². The van der Waals surface area contributed by atoms with Gasteiger partial charge in [0, 0.05) is 4.88 Å². The van der Waals surface area contributed by atoms with Gasteiger partial charge in [0.15, 0.2) is 0 Å². The van der Waals surface area contributed by atoms with E-state index in [0.29, 0.717) is 17.7 Å². The zero-order chi connectivity index (χ0) is 15.3. The molecule has 0 radical (unpaired) electrons. The monoisotopic (exact) mass is 297 g/mol. The fraction of sp³-hybridized carbons (Fsp3) is 0.600. The molecule has 4 nitrogen and oxygen atoms in total. The molecule has 0 fully saturated rings. The van der Waals surface area contributed by atoms with Gasteiger partial charge in [0.25, 0.3) is 5.91 Å². The van der Waals surface area contributed by atoms with Crippen molar-refractivity contribution in [3.63, 3.8) is 0 Å². The van der Waals surface area contributed by atoms with E-state index >= 15 is 0 Å². The summed E-state index contributed by atoms with van der Waals surface area (Å²) in [6, 6.07) is 1.89. The van der Waals surface area contributed by atoms with E-state index < -0.39 is 11.5 Å². The number of thiophene rings is 1. The number of carbonyl (C=O) groups excluding carboxylic acids is 1. The Hall–Kier alpha value is -1.36. The predicted molar refractivity (Wildman–Crippen MR) is 81.5 cm³/mol. The second-order valence-electron chi connectivity index (χ2n) is 4.99. The second-order valence-corrected chi connectivity index (χ2v) is 6.25. The van der Waals surface area contributed by atoms with Gasteiger partial charge in [-0.1, -0.05) is 27.2 Å². The van der Waals surface area contributed by atoms with Gasteiger partial charge in [-0.3, -0.25) is 4.79 Å². The van der Waals surface area contributed by atoms with Gasteiger partial charge in [-0.05, 0) is 37.8 Å². The summed E-state index contributed by atoms with van der Waals surface area (Å²) in [4.78, 5) is 25.4. The van der Waals surface area contributed by atoms with Gasteiger partial charge in [0.1, 0.15) is 5.54 Å². The first-order chi connectivity index (χ1) is 9.40. The number of amides is 1. The van der Waals surface area contributed by atoms with Gasteiger partial charge in [-0.2, -0.15) is 0 Å². The summed E-state index contributed by atoms with van der Waals surface area (Å²) in [6.07, 6.45) is 2.72. The van der Waals surface area contributed by atoms with E-state index in [0.717, 1.165) is 17.7 Å². The first-order valence-electron chi connectivity index (χ1n) is 7.05. The molecule has 0 saturated heterocycles. The van der Waals surface area contributed by atoms with Gasteiger partial charge >= 0.3 is 5.97 Å². The van der Waals surface area contributed by atoms with Crippen LogP contribution in [0.2, 0.25) is 0 Å². The first-order valence-corrected chi connectivity index (χ1v) is 7.87. The van der Waals surface area contributed by atoms with Crippen LogP contribution in [0.4, 0.5) is 0 Å². The number of nitrogens with one attached hydrogen (secondary N) is 1. The van der Waals surface area contributed by atoms with E-state index in [1.165, 1.54) is 16.9 Å². The number of aliphatic carboxylic acids is 1. The molecular formula is C15H23NO3S. The van der Waals surface area contributed by atoms with Crippen LogP contribution in [0.5, 0.6) is 0 Å². The third-order valence-corrected chi connectivity index (χ3v) is 4.82. The number of carbonyl (C=O) groups is 2. The van der Waals surface area contributed by atoms with Crippen LogP contribution < -0.4 is 5.32 Å². The molecule has 20 heavy (non-hydrogen) atoms. The molecule has 0 saturated carbocycles. The number of hydrogen-bond acceptors (Lipinski definition) is 3. The molecule has 1 aromatic heterocycles. The van der Waals surface area contributed by atoms with Crippen LogP contribution in [-0.2, 0) is 11.2 Å². The Labute approximate surface area is 124 Å². The molecule has 0 aliphatic heterocycles. The Morgan fingerprint density at radius 3 is 2.35 bits per heavy atom. The summed E-state index contributed by atoms with van der Waals surface area (Å²) in [5.74, 6) is -1.26. The minimum absolute atomic E-state index is 0.286. The van der Waals surface area contributed by atoms with Crippen molar-refractivity contribution in [2.24, 2.45) is 0 Å². The summed E-state index contributed by atoms with van der Waals surface area (Å²) in [5.41, 5.74) is 0.0106. The van der Waals surface area contributed by atoms with Gasteiger partial charge in [-0.25, -0.2) is 4.79 Å². The minimum atomic E-state index is -1.17. The van der Waals surface area contributed by atoms with Crippen molar-refractivity contribution in [2.75, 3.05) is 0 Å². The quantitative estimate of drug-likeness (QED) is 0.810. The van der Waals surface area contributed by atoms with E-state index in [9.17, 15) is 14.7 Å². The molecule has 0 atom stereocenters. The second kappa shape index (κ2) is 6.88. The molecule has 1 rings (SSSR count). The Bertz CT molecular complexity index is 489. The van der Waals surface area contributed by atoms with Gasteiger partial charge in [0.05, 0.1) is 4.88 Å². The number of hydrogen-bond donors (Lipinski definition) is 2. The van der Waals surface area contributed by atoms with Crippen LogP contribution in [0.15, 0.2) is 6.07 Å². The summed E-state index contributed by atoms with van der Waals surface area (Å²) < 4.78 is 0. The lowest BCUT2D eigenvalue weighted by Gasteiger charge is -2.27. The summed E-state index contributed by atoms with van der Waals surface area (Å²) in [7, 11) is 0. The average molecular weight is 297 g/mol. The number of carboxylic acid groups (broad SMARTS) is 1. The van der Waals surface area contributed by atoms with Crippen LogP contribution >= 0.6 is 11.3 Å².